The minimum Gasteiger partial charge on any atom is -0.315 e. The summed E-state index contributed by atoms with van der Waals surface area (Å²) in [6.07, 6.45) is 3.76. The van der Waals surface area contributed by atoms with Crippen LogP contribution in [0, 0.1) is 17.2 Å². The molecule has 0 bridgehead atoms. The highest BCUT2D eigenvalue weighted by Crippen LogP contribution is 2.13. The fraction of sp³-hybridized carbons (Fsp3) is 0.562. The van der Waals surface area contributed by atoms with Crippen LogP contribution in [0.3, 0.4) is 0 Å². The molecular formula is C16H24N2. The van der Waals surface area contributed by atoms with Crippen LogP contribution in [0.25, 0.3) is 0 Å². The fourth-order valence-corrected chi connectivity index (χ4v) is 1.97. The van der Waals surface area contributed by atoms with Crippen LogP contribution in [0.2, 0.25) is 0 Å². The van der Waals surface area contributed by atoms with Gasteiger partial charge < -0.3 is 5.32 Å². The van der Waals surface area contributed by atoms with E-state index in [9.17, 15) is 0 Å². The molecule has 0 fully saturated rings. The zero-order valence-electron chi connectivity index (χ0n) is 11.5. The van der Waals surface area contributed by atoms with E-state index in [1.807, 2.05) is 30.3 Å². The Hall–Kier alpha value is -1.33. The Balaban J connectivity index is 2.20. The lowest BCUT2D eigenvalue weighted by molar-refractivity contribution is 0.518. The third-order valence-corrected chi connectivity index (χ3v) is 3.09. The molecule has 0 heterocycles. The van der Waals surface area contributed by atoms with Crippen LogP contribution in [0.1, 0.15) is 44.6 Å². The predicted molar refractivity (Wildman–Crippen MR) is 76.4 cm³/mol. The molecule has 1 rings (SSSR count). The summed E-state index contributed by atoms with van der Waals surface area (Å²) in [6.45, 7) is 6.28. The van der Waals surface area contributed by atoms with Gasteiger partial charge in [-0.25, -0.2) is 0 Å². The fourth-order valence-electron chi connectivity index (χ4n) is 1.97. The van der Waals surface area contributed by atoms with E-state index in [0.29, 0.717) is 0 Å². The number of hydrogen-bond donors (Lipinski definition) is 1. The maximum Gasteiger partial charge on any atom is 0.0837 e. The number of nitrogens with one attached hydrogen (secondary N) is 1. The summed E-state index contributed by atoms with van der Waals surface area (Å²) in [6, 6.07) is 12.4. The van der Waals surface area contributed by atoms with Crippen molar-refractivity contribution in [2.75, 3.05) is 13.1 Å². The maximum absolute atomic E-state index is 9.16. The largest absolute Gasteiger partial charge is 0.315 e. The number of unbranched alkanes of at least 4 members (excludes halogenated alkanes) is 1. The topological polar surface area (TPSA) is 35.8 Å². The lowest BCUT2D eigenvalue weighted by atomic mass is 10.0. The third kappa shape index (κ3) is 5.84. The number of rotatable bonds is 8. The first-order valence-corrected chi connectivity index (χ1v) is 6.89. The molecule has 0 aromatic heterocycles. The number of nitrogens with zero attached hydrogens (tertiary/aromatic N) is 1. The Bertz CT molecular complexity index is 351. The summed E-state index contributed by atoms with van der Waals surface area (Å²) in [5.74, 6) is 0.762. The van der Waals surface area contributed by atoms with Crippen molar-refractivity contribution in [1.82, 2.24) is 5.32 Å². The number of benzene rings is 1. The molecule has 2 nitrogen and oxygen atoms in total. The summed E-state index contributed by atoms with van der Waals surface area (Å²) in [4.78, 5) is 0. The van der Waals surface area contributed by atoms with E-state index in [1.54, 1.807) is 0 Å². The SMILES string of the molecule is CC(C)CCCCNCC(C#N)c1ccccc1. The molecule has 1 aromatic rings. The van der Waals surface area contributed by atoms with Gasteiger partial charge in [-0.1, -0.05) is 57.0 Å². The average Bonchev–Trinajstić information content (AvgIpc) is 2.38. The molecular weight excluding hydrogens is 220 g/mol. The summed E-state index contributed by atoms with van der Waals surface area (Å²) < 4.78 is 0. The van der Waals surface area contributed by atoms with Gasteiger partial charge in [0.2, 0.25) is 0 Å². The second-order valence-corrected chi connectivity index (χ2v) is 5.19. The highest BCUT2D eigenvalue weighted by atomic mass is 14.9. The molecule has 0 spiro atoms. The van der Waals surface area contributed by atoms with Gasteiger partial charge in [0.1, 0.15) is 0 Å². The second-order valence-electron chi connectivity index (χ2n) is 5.19. The Kier molecular flexibility index (Phi) is 7.13. The van der Waals surface area contributed by atoms with Gasteiger partial charge >= 0.3 is 0 Å². The summed E-state index contributed by atoms with van der Waals surface area (Å²) >= 11 is 0. The highest BCUT2D eigenvalue weighted by Gasteiger charge is 2.08. The van der Waals surface area contributed by atoms with Crippen molar-refractivity contribution < 1.29 is 0 Å². The van der Waals surface area contributed by atoms with Gasteiger partial charge in [-0.15, -0.1) is 0 Å². The lowest BCUT2D eigenvalue weighted by Gasteiger charge is -2.11. The van der Waals surface area contributed by atoms with Crippen LogP contribution < -0.4 is 5.32 Å². The van der Waals surface area contributed by atoms with Gasteiger partial charge in [0.25, 0.3) is 0 Å². The molecule has 1 N–H and O–H groups in total. The maximum atomic E-state index is 9.16. The van der Waals surface area contributed by atoms with Gasteiger partial charge in [0, 0.05) is 6.54 Å². The van der Waals surface area contributed by atoms with Crippen LogP contribution >= 0.6 is 0 Å². The van der Waals surface area contributed by atoms with Crippen LogP contribution in [-0.4, -0.2) is 13.1 Å². The van der Waals surface area contributed by atoms with E-state index in [-0.39, 0.29) is 5.92 Å². The molecule has 1 aromatic carbocycles. The van der Waals surface area contributed by atoms with Gasteiger partial charge in [-0.2, -0.15) is 5.26 Å². The van der Waals surface area contributed by atoms with E-state index in [4.69, 9.17) is 5.26 Å². The zero-order valence-corrected chi connectivity index (χ0v) is 11.5. The molecule has 0 amide bonds. The van der Waals surface area contributed by atoms with Crippen LogP contribution in [0.15, 0.2) is 30.3 Å². The first-order chi connectivity index (χ1) is 8.74. The molecule has 0 saturated heterocycles. The first-order valence-electron chi connectivity index (χ1n) is 6.89. The Labute approximate surface area is 111 Å². The van der Waals surface area contributed by atoms with E-state index in [2.05, 4.69) is 25.2 Å². The molecule has 0 aliphatic rings. The van der Waals surface area contributed by atoms with Gasteiger partial charge in [-0.05, 0) is 24.4 Å². The Morgan fingerprint density at radius 2 is 1.89 bits per heavy atom. The molecule has 0 radical (unpaired) electrons. The van der Waals surface area contributed by atoms with Crippen molar-refractivity contribution >= 4 is 0 Å². The van der Waals surface area contributed by atoms with Gasteiger partial charge in [0.05, 0.1) is 12.0 Å². The normalized spacial score (nSPS) is 12.3. The molecule has 98 valence electrons. The van der Waals surface area contributed by atoms with Crippen LogP contribution in [0.5, 0.6) is 0 Å². The second kappa shape index (κ2) is 8.72. The molecule has 0 aliphatic carbocycles. The van der Waals surface area contributed by atoms with E-state index in [0.717, 1.165) is 24.6 Å². The van der Waals surface area contributed by atoms with Gasteiger partial charge in [0.15, 0.2) is 0 Å². The molecule has 18 heavy (non-hydrogen) atoms. The molecule has 1 unspecified atom stereocenters. The van der Waals surface area contributed by atoms with E-state index in [1.165, 1.54) is 19.3 Å². The predicted octanol–water partition coefficient (Wildman–Crippen LogP) is 3.71. The van der Waals surface area contributed by atoms with Crippen molar-refractivity contribution in [2.45, 2.75) is 39.0 Å². The first kappa shape index (κ1) is 14.7. The van der Waals surface area contributed by atoms with Crippen LogP contribution in [-0.2, 0) is 0 Å². The smallest absolute Gasteiger partial charge is 0.0837 e. The quantitative estimate of drug-likeness (QED) is 0.708. The van der Waals surface area contributed by atoms with Crippen molar-refractivity contribution in [3.05, 3.63) is 35.9 Å². The molecule has 2 heteroatoms. The molecule has 1 atom stereocenters. The van der Waals surface area contributed by atoms with Crippen molar-refractivity contribution in [3.8, 4) is 6.07 Å². The third-order valence-electron chi connectivity index (χ3n) is 3.09. The minimum absolute atomic E-state index is 0.0312. The number of nitriles is 1. The van der Waals surface area contributed by atoms with Crippen molar-refractivity contribution in [3.63, 3.8) is 0 Å². The standard InChI is InChI=1S/C16H24N2/c1-14(2)8-6-7-11-18-13-16(12-17)15-9-4-3-5-10-15/h3-5,9-10,14,16,18H,6-8,11,13H2,1-2H3. The minimum atomic E-state index is -0.0312. The van der Waals surface area contributed by atoms with Crippen molar-refractivity contribution in [1.29, 1.82) is 5.26 Å². The average molecular weight is 244 g/mol. The van der Waals surface area contributed by atoms with Gasteiger partial charge in [-0.3, -0.25) is 0 Å². The Morgan fingerprint density at radius 1 is 1.17 bits per heavy atom. The molecule has 0 saturated carbocycles. The van der Waals surface area contributed by atoms with Crippen LogP contribution in [0.4, 0.5) is 0 Å². The summed E-state index contributed by atoms with van der Waals surface area (Å²) in [7, 11) is 0. The zero-order chi connectivity index (χ0) is 13.2. The lowest BCUT2D eigenvalue weighted by Crippen LogP contribution is -2.22. The highest BCUT2D eigenvalue weighted by molar-refractivity contribution is 5.24. The Morgan fingerprint density at radius 3 is 2.50 bits per heavy atom. The summed E-state index contributed by atoms with van der Waals surface area (Å²) in [5, 5.41) is 12.6. The van der Waals surface area contributed by atoms with E-state index < -0.39 is 0 Å². The number of hydrogen-bond acceptors (Lipinski definition) is 2. The monoisotopic (exact) mass is 244 g/mol. The van der Waals surface area contributed by atoms with Crippen molar-refractivity contribution in [2.24, 2.45) is 5.92 Å². The molecule has 0 aliphatic heterocycles. The summed E-state index contributed by atoms with van der Waals surface area (Å²) in [5.41, 5.74) is 1.11. The van der Waals surface area contributed by atoms with E-state index >= 15 is 0 Å².